The summed E-state index contributed by atoms with van der Waals surface area (Å²) in [6, 6.07) is 8.07. The van der Waals surface area contributed by atoms with Crippen LogP contribution >= 0.6 is 11.8 Å². The number of benzene rings is 1. The Morgan fingerprint density at radius 3 is 3.04 bits per heavy atom. The number of carbonyl (C=O) groups excluding carboxylic acids is 1. The highest BCUT2D eigenvalue weighted by atomic mass is 32.2. The summed E-state index contributed by atoms with van der Waals surface area (Å²) in [6.07, 6.45) is 9.77. The van der Waals surface area contributed by atoms with Crippen LogP contribution in [0.4, 0.5) is 0 Å². The number of aryl methyl sites for hydroxylation is 1. The van der Waals surface area contributed by atoms with Crippen molar-refractivity contribution in [3.05, 3.63) is 70.8 Å². The topological polar surface area (TPSA) is 44.1 Å². The number of nitrogens with zero attached hydrogens (tertiary/aromatic N) is 2. The minimum absolute atomic E-state index is 0.499. The fraction of sp³-hybridized carbons (Fsp3) is 0.333. The molecule has 0 radical (unpaired) electrons. The molecule has 0 N–H and O–H groups in total. The second-order valence-corrected chi connectivity index (χ2v) is 6.97. The lowest BCUT2D eigenvalue weighted by Crippen LogP contribution is -2.04. The first kappa shape index (κ1) is 20.0. The van der Waals surface area contributed by atoms with Crippen LogP contribution in [-0.4, -0.2) is 22.7 Å². The van der Waals surface area contributed by atoms with E-state index in [9.17, 15) is 4.79 Å². The Kier molecular flexibility index (Phi) is 8.76. The summed E-state index contributed by atoms with van der Waals surface area (Å²) in [6.45, 7) is 7.45. The van der Waals surface area contributed by atoms with Gasteiger partial charge in [-0.2, -0.15) is 5.10 Å². The number of aromatic nitrogens is 2. The Hall–Kier alpha value is -2.27. The van der Waals surface area contributed by atoms with E-state index >= 15 is 0 Å². The van der Waals surface area contributed by atoms with E-state index in [1.54, 1.807) is 18.0 Å². The van der Waals surface area contributed by atoms with Crippen molar-refractivity contribution in [2.45, 2.75) is 39.2 Å². The third-order valence-electron chi connectivity index (χ3n) is 3.77. The third kappa shape index (κ3) is 6.92. The van der Waals surface area contributed by atoms with Crippen LogP contribution in [0.3, 0.4) is 0 Å². The largest absolute Gasteiger partial charge is 0.493 e. The normalized spacial score (nSPS) is 11.0. The maximum Gasteiger partial charge on any atom is 0.122 e. The maximum absolute atomic E-state index is 10.7. The zero-order valence-electron chi connectivity index (χ0n) is 15.3. The van der Waals surface area contributed by atoms with Crippen LogP contribution in [0.1, 0.15) is 37.3 Å². The molecule has 0 fully saturated rings. The highest BCUT2D eigenvalue weighted by Crippen LogP contribution is 2.24. The summed E-state index contributed by atoms with van der Waals surface area (Å²) in [5.74, 6) is 0.846. The molecule has 138 valence electrons. The summed E-state index contributed by atoms with van der Waals surface area (Å²) in [4.78, 5) is 11.8. The van der Waals surface area contributed by atoms with Gasteiger partial charge in [-0.1, -0.05) is 31.7 Å². The highest BCUT2D eigenvalue weighted by molar-refractivity contribution is 8.05. The molecule has 0 amide bonds. The molecule has 0 saturated carbocycles. The predicted octanol–water partition coefficient (Wildman–Crippen LogP) is 5.00. The van der Waals surface area contributed by atoms with E-state index in [1.807, 2.05) is 23.0 Å². The number of hydrogen-bond donors (Lipinski definition) is 0. The van der Waals surface area contributed by atoms with Crippen molar-refractivity contribution in [3.8, 4) is 5.75 Å². The monoisotopic (exact) mass is 370 g/mol. The van der Waals surface area contributed by atoms with Gasteiger partial charge in [-0.15, -0.1) is 11.8 Å². The van der Waals surface area contributed by atoms with Crippen molar-refractivity contribution in [2.24, 2.45) is 0 Å². The van der Waals surface area contributed by atoms with E-state index < -0.39 is 0 Å². The van der Waals surface area contributed by atoms with Crippen LogP contribution < -0.4 is 4.74 Å². The van der Waals surface area contributed by atoms with E-state index in [2.05, 4.69) is 42.2 Å². The van der Waals surface area contributed by atoms with Gasteiger partial charge in [-0.3, -0.25) is 4.68 Å². The van der Waals surface area contributed by atoms with E-state index in [-0.39, 0.29) is 0 Å². The third-order valence-corrected chi connectivity index (χ3v) is 4.64. The molecule has 0 aliphatic rings. The van der Waals surface area contributed by atoms with E-state index in [1.165, 1.54) is 0 Å². The number of rotatable bonds is 12. The lowest BCUT2D eigenvalue weighted by atomic mass is 10.1. The predicted molar refractivity (Wildman–Crippen MR) is 108 cm³/mol. The Labute approximate surface area is 159 Å². The zero-order valence-corrected chi connectivity index (χ0v) is 16.1. The van der Waals surface area contributed by atoms with Crippen LogP contribution in [-0.2, 0) is 17.8 Å². The minimum atomic E-state index is 0.499. The Bertz CT molecular complexity index is 724. The molecule has 5 heteroatoms. The molecular weight excluding hydrogens is 344 g/mol. The second kappa shape index (κ2) is 11.4. The molecule has 0 bridgehead atoms. The average molecular weight is 371 g/mol. The summed E-state index contributed by atoms with van der Waals surface area (Å²) in [5.41, 5.74) is 2.18. The van der Waals surface area contributed by atoms with Crippen LogP contribution in [0.15, 0.2) is 59.6 Å². The molecule has 0 aliphatic heterocycles. The van der Waals surface area contributed by atoms with Gasteiger partial charge >= 0.3 is 0 Å². The van der Waals surface area contributed by atoms with Gasteiger partial charge < -0.3 is 9.53 Å². The van der Waals surface area contributed by atoms with Crippen LogP contribution in [0, 0.1) is 0 Å². The molecule has 4 nitrogen and oxygen atoms in total. The highest BCUT2D eigenvalue weighted by Gasteiger charge is 2.07. The lowest BCUT2D eigenvalue weighted by molar-refractivity contribution is -0.107. The van der Waals surface area contributed by atoms with E-state index in [0.29, 0.717) is 26.0 Å². The first-order valence-electron chi connectivity index (χ1n) is 8.88. The van der Waals surface area contributed by atoms with Gasteiger partial charge in [0.1, 0.15) is 12.0 Å². The molecule has 2 aromatic rings. The van der Waals surface area contributed by atoms with Crippen molar-refractivity contribution in [3.63, 3.8) is 0 Å². The molecule has 1 heterocycles. The fourth-order valence-corrected chi connectivity index (χ4v) is 3.09. The second-order valence-electron chi connectivity index (χ2n) is 5.89. The zero-order chi connectivity index (χ0) is 18.6. The molecule has 0 aliphatic carbocycles. The summed E-state index contributed by atoms with van der Waals surface area (Å²) in [5, 5.41) is 6.31. The van der Waals surface area contributed by atoms with Crippen molar-refractivity contribution in [1.29, 1.82) is 0 Å². The number of aldehydes is 1. The number of ether oxygens (including phenoxy) is 1. The fourth-order valence-electron chi connectivity index (χ4n) is 2.41. The molecule has 0 unspecified atom stereocenters. The van der Waals surface area contributed by atoms with E-state index in [4.69, 9.17) is 4.74 Å². The Morgan fingerprint density at radius 1 is 1.42 bits per heavy atom. The van der Waals surface area contributed by atoms with Gasteiger partial charge in [-0.05, 0) is 46.4 Å². The van der Waals surface area contributed by atoms with Crippen LogP contribution in [0.25, 0.3) is 0 Å². The quantitative estimate of drug-likeness (QED) is 0.493. The number of carbonyl (C=O) groups is 1. The van der Waals surface area contributed by atoms with Crippen molar-refractivity contribution < 1.29 is 9.53 Å². The molecule has 2 rings (SSSR count). The van der Waals surface area contributed by atoms with Gasteiger partial charge in [-0.25, -0.2) is 0 Å². The van der Waals surface area contributed by atoms with Crippen molar-refractivity contribution in [1.82, 2.24) is 9.78 Å². The Morgan fingerprint density at radius 2 is 2.31 bits per heavy atom. The molecule has 0 saturated heterocycles. The number of thioether (sulfide) groups is 1. The molecule has 0 atom stereocenters. The van der Waals surface area contributed by atoms with E-state index in [0.717, 1.165) is 40.9 Å². The summed E-state index contributed by atoms with van der Waals surface area (Å²) >= 11 is 1.65. The molecule has 0 spiro atoms. The van der Waals surface area contributed by atoms with Gasteiger partial charge in [0.25, 0.3) is 0 Å². The standard InChI is InChI=1S/C21H26N2O2S/c1-3-4-15-26-18(2)10-14-25-21-16-19(17-23-12-6-11-22-23)8-9-20(21)7-5-13-24/h4,6,8-9,11-13,15-16H,2-3,5,7,10,14,17H2,1H3/b15-4-. The smallest absolute Gasteiger partial charge is 0.122 e. The number of hydrogen-bond acceptors (Lipinski definition) is 4. The van der Waals surface area contributed by atoms with Gasteiger partial charge in [0.05, 0.1) is 13.2 Å². The van der Waals surface area contributed by atoms with Crippen molar-refractivity contribution >= 4 is 18.0 Å². The molecule has 26 heavy (non-hydrogen) atoms. The van der Waals surface area contributed by atoms with Crippen LogP contribution in [0.2, 0.25) is 0 Å². The summed E-state index contributed by atoms with van der Waals surface area (Å²) in [7, 11) is 0. The average Bonchev–Trinajstić information content (AvgIpc) is 3.14. The van der Waals surface area contributed by atoms with Crippen LogP contribution in [0.5, 0.6) is 5.75 Å². The minimum Gasteiger partial charge on any atom is -0.493 e. The number of allylic oxidation sites excluding steroid dienone is 1. The molecule has 1 aromatic carbocycles. The summed E-state index contributed by atoms with van der Waals surface area (Å²) < 4.78 is 7.90. The van der Waals surface area contributed by atoms with Gasteiger partial charge in [0.15, 0.2) is 0 Å². The first-order valence-corrected chi connectivity index (χ1v) is 9.76. The Balaban J connectivity index is 1.98. The lowest BCUT2D eigenvalue weighted by Gasteiger charge is -2.13. The molecule has 1 aromatic heterocycles. The van der Waals surface area contributed by atoms with Gasteiger partial charge in [0, 0.05) is 25.2 Å². The molecular formula is C21H26N2O2S. The van der Waals surface area contributed by atoms with Crippen molar-refractivity contribution in [2.75, 3.05) is 6.61 Å². The maximum atomic E-state index is 10.7. The first-order chi connectivity index (χ1) is 12.7. The van der Waals surface area contributed by atoms with Gasteiger partial charge in [0.2, 0.25) is 0 Å². The SMILES string of the molecule is C=C(CCOc1cc(Cn2cccn2)ccc1CCC=O)S/C=C\CC.